The van der Waals surface area contributed by atoms with Crippen LogP contribution in [0.1, 0.15) is 81.8 Å². The number of aromatic nitrogens is 3. The average Bonchev–Trinajstić information content (AvgIpc) is 3.66. The molecule has 0 unspecified atom stereocenters. The number of hydrogen-bond donors (Lipinski definition) is 2. The Labute approximate surface area is 207 Å². The Morgan fingerprint density at radius 1 is 1.00 bits per heavy atom. The van der Waals surface area contributed by atoms with Crippen molar-refractivity contribution in [1.82, 2.24) is 25.0 Å². The maximum atomic E-state index is 13.1. The van der Waals surface area contributed by atoms with E-state index in [0.29, 0.717) is 11.7 Å². The Morgan fingerprint density at radius 3 is 2.17 bits per heavy atom. The molecule has 0 bridgehead atoms. The molecule has 2 amide bonds. The molecular formula is C25H34F3N5O3. The summed E-state index contributed by atoms with van der Waals surface area (Å²) in [4.78, 5) is 21.4. The third-order valence-electron chi connectivity index (χ3n) is 10.1. The molecule has 7 rings (SSSR count). The molecular weight excluding hydrogens is 475 g/mol. The van der Waals surface area contributed by atoms with Crippen molar-refractivity contribution in [2.45, 2.75) is 88.0 Å². The molecule has 4 aliphatic carbocycles. The normalized spacial score (nSPS) is 29.6. The fraction of sp³-hybridized carbons (Fsp3) is 0.880. The second kappa shape index (κ2) is 7.36. The van der Waals surface area contributed by atoms with E-state index in [-0.39, 0.29) is 42.4 Å². The Hall–Kier alpha value is -1.88. The third kappa shape index (κ3) is 3.67. The van der Waals surface area contributed by atoms with Crippen LogP contribution in [0.4, 0.5) is 18.0 Å². The van der Waals surface area contributed by atoms with E-state index >= 15 is 0 Å². The van der Waals surface area contributed by atoms with Gasteiger partial charge in [0.15, 0.2) is 5.82 Å². The quantitative estimate of drug-likeness (QED) is 0.632. The molecule has 0 radical (unpaired) electrons. The molecule has 0 aromatic carbocycles. The van der Waals surface area contributed by atoms with Gasteiger partial charge in [-0.25, -0.2) is 9.78 Å². The SMILES string of the molecule is O=C(N1CC2(CCC(OCC3(C(F)(F)F)CC3)CC2)C1)N1CC2(CC(c3nc(C4(O)CC4)n[nH]3)C2)C1. The van der Waals surface area contributed by atoms with Gasteiger partial charge in [-0.1, -0.05) is 0 Å². The Morgan fingerprint density at radius 2 is 1.61 bits per heavy atom. The molecule has 2 saturated heterocycles. The van der Waals surface area contributed by atoms with Gasteiger partial charge < -0.3 is 19.6 Å². The van der Waals surface area contributed by atoms with Crippen LogP contribution in [0.25, 0.3) is 0 Å². The van der Waals surface area contributed by atoms with Gasteiger partial charge in [0.2, 0.25) is 0 Å². The lowest BCUT2D eigenvalue weighted by atomic mass is 9.57. The highest BCUT2D eigenvalue weighted by atomic mass is 19.4. The van der Waals surface area contributed by atoms with Crippen molar-refractivity contribution in [3.63, 3.8) is 0 Å². The zero-order valence-electron chi connectivity index (χ0n) is 20.4. The molecule has 2 spiro atoms. The fourth-order valence-corrected chi connectivity index (χ4v) is 7.07. The van der Waals surface area contributed by atoms with E-state index in [4.69, 9.17) is 4.74 Å². The molecule has 8 nitrogen and oxygen atoms in total. The zero-order valence-corrected chi connectivity index (χ0v) is 20.4. The van der Waals surface area contributed by atoms with Gasteiger partial charge in [0.05, 0.1) is 18.1 Å². The highest BCUT2D eigenvalue weighted by Gasteiger charge is 2.63. The number of likely N-dealkylation sites (tertiary alicyclic amines) is 2. The number of H-pyrrole nitrogens is 1. The molecule has 36 heavy (non-hydrogen) atoms. The third-order valence-corrected chi connectivity index (χ3v) is 10.1. The molecule has 1 aromatic heterocycles. The van der Waals surface area contributed by atoms with E-state index in [1.165, 1.54) is 0 Å². The fourth-order valence-electron chi connectivity index (χ4n) is 7.07. The van der Waals surface area contributed by atoms with E-state index in [1.54, 1.807) is 0 Å². The van der Waals surface area contributed by atoms with Gasteiger partial charge in [0.1, 0.15) is 11.4 Å². The van der Waals surface area contributed by atoms with E-state index in [1.807, 2.05) is 9.80 Å². The molecule has 6 aliphatic rings. The number of hydrogen-bond acceptors (Lipinski definition) is 5. The van der Waals surface area contributed by atoms with Crippen LogP contribution in [0.5, 0.6) is 0 Å². The number of nitrogens with zero attached hydrogens (tertiary/aromatic N) is 4. The maximum Gasteiger partial charge on any atom is 0.396 e. The van der Waals surface area contributed by atoms with Gasteiger partial charge in [0.25, 0.3) is 0 Å². The van der Waals surface area contributed by atoms with Gasteiger partial charge >= 0.3 is 12.2 Å². The molecule has 3 heterocycles. The topological polar surface area (TPSA) is 94.6 Å². The molecule has 2 N–H and O–H groups in total. The number of nitrogens with one attached hydrogen (secondary N) is 1. The summed E-state index contributed by atoms with van der Waals surface area (Å²) in [5.41, 5.74) is -2.09. The first-order valence-electron chi connectivity index (χ1n) is 13.4. The van der Waals surface area contributed by atoms with Gasteiger partial charge in [-0.3, -0.25) is 5.10 Å². The summed E-state index contributed by atoms with van der Waals surface area (Å²) in [5, 5.41) is 17.4. The minimum atomic E-state index is -4.16. The Kier molecular flexibility index (Phi) is 4.76. The van der Waals surface area contributed by atoms with E-state index in [9.17, 15) is 23.1 Å². The summed E-state index contributed by atoms with van der Waals surface area (Å²) in [6.45, 7) is 2.87. The van der Waals surface area contributed by atoms with E-state index < -0.39 is 17.2 Å². The van der Waals surface area contributed by atoms with E-state index in [2.05, 4.69) is 15.2 Å². The Bertz CT molecular complexity index is 1040. The largest absolute Gasteiger partial charge is 0.396 e. The second-order valence-electron chi connectivity index (χ2n) is 13.0. The second-order valence-corrected chi connectivity index (χ2v) is 13.0. The number of urea groups is 1. The van der Waals surface area contributed by atoms with Crippen LogP contribution in [0.15, 0.2) is 0 Å². The van der Waals surface area contributed by atoms with E-state index in [0.717, 1.165) is 83.4 Å². The smallest absolute Gasteiger partial charge is 0.382 e. The van der Waals surface area contributed by atoms with Crippen LogP contribution >= 0.6 is 0 Å². The standard InChI is InChI=1S/C25H34F3N5O3/c26-25(27,28)23(5-6-23)15-36-17-1-3-21(4-2-17)11-32(12-21)20(34)33-13-22(14-33)9-16(10-22)18-29-19(31-30-18)24(35)7-8-24/h16-17,35H,1-15H2,(H,29,30,31). The first-order chi connectivity index (χ1) is 17.0. The summed E-state index contributed by atoms with van der Waals surface area (Å²) in [6.07, 6.45) is 2.96. The molecule has 1 aromatic rings. The summed E-state index contributed by atoms with van der Waals surface area (Å²) in [6, 6.07) is 0.117. The summed E-state index contributed by atoms with van der Waals surface area (Å²) in [7, 11) is 0. The summed E-state index contributed by atoms with van der Waals surface area (Å²) >= 11 is 0. The van der Waals surface area contributed by atoms with Crippen molar-refractivity contribution >= 4 is 6.03 Å². The zero-order chi connectivity index (χ0) is 25.0. The molecule has 4 saturated carbocycles. The van der Waals surface area contributed by atoms with Crippen molar-refractivity contribution in [1.29, 1.82) is 0 Å². The number of rotatable bonds is 5. The lowest BCUT2D eigenvalue weighted by molar-refractivity contribution is -0.208. The van der Waals surface area contributed by atoms with Crippen molar-refractivity contribution in [2.75, 3.05) is 32.8 Å². The monoisotopic (exact) mass is 509 g/mol. The van der Waals surface area contributed by atoms with Crippen LogP contribution in [0, 0.1) is 16.2 Å². The van der Waals surface area contributed by atoms with Crippen LogP contribution < -0.4 is 0 Å². The predicted molar refractivity (Wildman–Crippen MR) is 121 cm³/mol. The van der Waals surface area contributed by atoms with Gasteiger partial charge in [-0.15, -0.1) is 0 Å². The number of aromatic amines is 1. The first kappa shape index (κ1) is 23.3. The number of amides is 2. The molecule has 198 valence electrons. The lowest BCUT2D eigenvalue weighted by Gasteiger charge is -2.61. The van der Waals surface area contributed by atoms with Crippen molar-refractivity contribution in [3.05, 3.63) is 11.6 Å². The predicted octanol–water partition coefficient (Wildman–Crippen LogP) is 3.69. The van der Waals surface area contributed by atoms with Gasteiger partial charge in [-0.2, -0.15) is 18.3 Å². The summed E-state index contributed by atoms with van der Waals surface area (Å²) < 4.78 is 45.1. The number of ether oxygens (including phenoxy) is 1. The first-order valence-corrected chi connectivity index (χ1v) is 13.4. The number of aliphatic hydroxyl groups is 1. The number of alkyl halides is 3. The minimum Gasteiger partial charge on any atom is -0.382 e. The van der Waals surface area contributed by atoms with Gasteiger partial charge in [0, 0.05) is 42.9 Å². The number of carbonyl (C=O) groups is 1. The summed E-state index contributed by atoms with van der Waals surface area (Å²) in [5.74, 6) is 1.70. The Balaban J connectivity index is 0.831. The number of carbonyl (C=O) groups excluding carboxylic acids is 1. The van der Waals surface area contributed by atoms with Crippen molar-refractivity contribution in [2.24, 2.45) is 16.2 Å². The molecule has 2 aliphatic heterocycles. The maximum absolute atomic E-state index is 13.1. The van der Waals surface area contributed by atoms with Crippen LogP contribution in [-0.2, 0) is 10.3 Å². The van der Waals surface area contributed by atoms with Crippen LogP contribution in [0.2, 0.25) is 0 Å². The van der Waals surface area contributed by atoms with Crippen molar-refractivity contribution in [3.8, 4) is 0 Å². The number of halogens is 3. The molecule has 0 atom stereocenters. The lowest BCUT2D eigenvalue weighted by Crippen LogP contribution is -2.69. The van der Waals surface area contributed by atoms with Crippen LogP contribution in [-0.4, -0.2) is 81.2 Å². The van der Waals surface area contributed by atoms with Crippen molar-refractivity contribution < 1.29 is 27.8 Å². The van der Waals surface area contributed by atoms with Crippen LogP contribution in [0.3, 0.4) is 0 Å². The van der Waals surface area contributed by atoms with Gasteiger partial charge in [-0.05, 0) is 64.2 Å². The highest BCUT2D eigenvalue weighted by Crippen LogP contribution is 2.59. The highest BCUT2D eigenvalue weighted by molar-refractivity contribution is 5.76. The average molecular weight is 510 g/mol. The molecule has 6 fully saturated rings. The molecule has 11 heteroatoms. The minimum absolute atomic E-state index is 0.0883.